The van der Waals surface area contributed by atoms with Crippen molar-refractivity contribution in [1.82, 2.24) is 0 Å². The highest BCUT2D eigenvalue weighted by Gasteiger charge is 2.12. The van der Waals surface area contributed by atoms with Crippen LogP contribution in [-0.2, 0) is 0 Å². The molecule has 0 aromatic rings. The zero-order valence-electron chi connectivity index (χ0n) is 11.1. The van der Waals surface area contributed by atoms with E-state index >= 15 is 0 Å². The molecule has 0 fully saturated rings. The van der Waals surface area contributed by atoms with Gasteiger partial charge >= 0.3 is 0 Å². The molecule has 0 bridgehead atoms. The molecule has 0 aliphatic rings. The number of quaternary nitrogens is 1. The van der Waals surface area contributed by atoms with Crippen LogP contribution in [0.4, 0.5) is 0 Å². The van der Waals surface area contributed by atoms with E-state index in [2.05, 4.69) is 13.8 Å². The minimum atomic E-state index is -0.143. The Bertz CT molecular complexity index is 140. The third-order valence-electron chi connectivity index (χ3n) is 3.29. The number of hydroxylamine groups is 3. The molecule has 0 amide bonds. The molecule has 1 unspecified atom stereocenters. The first-order valence-corrected chi connectivity index (χ1v) is 6.53. The minimum absolute atomic E-state index is 0.143. The first-order chi connectivity index (χ1) is 6.98. The molecule has 0 saturated heterocycles. The fourth-order valence-corrected chi connectivity index (χ4v) is 1.71. The van der Waals surface area contributed by atoms with E-state index in [1.54, 1.807) is 14.1 Å². The summed E-state index contributed by atoms with van der Waals surface area (Å²) in [5.74, 6) is 0. The highest BCUT2D eigenvalue weighted by molar-refractivity contribution is 4.53. The maximum atomic E-state index is 11.5. The Morgan fingerprint density at radius 2 is 1.40 bits per heavy atom. The standard InChI is InChI=1S/C13H29NO/c1-5-6-7-8-9-10-11-12-13(2)14(3,4)15/h13H,5-12H2,1-4H3. The summed E-state index contributed by atoms with van der Waals surface area (Å²) >= 11 is 0. The summed E-state index contributed by atoms with van der Waals surface area (Å²) < 4.78 is -0.143. The van der Waals surface area contributed by atoms with E-state index in [-0.39, 0.29) is 10.7 Å². The molecule has 2 heteroatoms. The Hall–Kier alpha value is -0.0800. The molecule has 0 spiro atoms. The van der Waals surface area contributed by atoms with Crippen molar-refractivity contribution in [2.45, 2.75) is 71.3 Å². The first kappa shape index (κ1) is 14.9. The summed E-state index contributed by atoms with van der Waals surface area (Å²) in [6.45, 7) is 4.31. The summed E-state index contributed by atoms with van der Waals surface area (Å²) in [5, 5.41) is 11.5. The van der Waals surface area contributed by atoms with Crippen LogP contribution >= 0.6 is 0 Å². The predicted molar refractivity (Wildman–Crippen MR) is 67.5 cm³/mol. The van der Waals surface area contributed by atoms with Crippen LogP contribution in [0.5, 0.6) is 0 Å². The highest BCUT2D eigenvalue weighted by Crippen LogP contribution is 2.14. The summed E-state index contributed by atoms with van der Waals surface area (Å²) in [7, 11) is 3.48. The normalized spacial score (nSPS) is 14.2. The summed E-state index contributed by atoms with van der Waals surface area (Å²) in [5.41, 5.74) is 0. The molecular formula is C13H29NO. The summed E-state index contributed by atoms with van der Waals surface area (Å²) in [6, 6.07) is 0.251. The number of hydrogen-bond acceptors (Lipinski definition) is 1. The second kappa shape index (κ2) is 8.12. The quantitative estimate of drug-likeness (QED) is 0.323. The number of nitrogens with zero attached hydrogens (tertiary/aromatic N) is 1. The van der Waals surface area contributed by atoms with Gasteiger partial charge in [-0.25, -0.2) is 0 Å². The zero-order valence-corrected chi connectivity index (χ0v) is 11.1. The molecule has 0 aliphatic carbocycles. The van der Waals surface area contributed by atoms with Crippen molar-refractivity contribution in [3.05, 3.63) is 5.21 Å². The molecule has 0 radical (unpaired) electrons. The zero-order chi connectivity index (χ0) is 11.7. The second-order valence-electron chi connectivity index (χ2n) is 5.19. The van der Waals surface area contributed by atoms with Gasteiger partial charge in [-0.15, -0.1) is 0 Å². The van der Waals surface area contributed by atoms with Crippen molar-refractivity contribution >= 4 is 0 Å². The van der Waals surface area contributed by atoms with Gasteiger partial charge in [0.2, 0.25) is 0 Å². The molecule has 1 atom stereocenters. The molecule has 2 nitrogen and oxygen atoms in total. The van der Waals surface area contributed by atoms with Crippen LogP contribution in [0, 0.1) is 5.21 Å². The van der Waals surface area contributed by atoms with Gasteiger partial charge in [-0.1, -0.05) is 45.4 Å². The SMILES string of the molecule is CCCCCCCCCC(C)[N+](C)(C)[O-]. The average molecular weight is 215 g/mol. The predicted octanol–water partition coefficient (Wildman–Crippen LogP) is 4.09. The van der Waals surface area contributed by atoms with Crippen LogP contribution in [0.25, 0.3) is 0 Å². The molecule has 15 heavy (non-hydrogen) atoms. The lowest BCUT2D eigenvalue weighted by Crippen LogP contribution is -2.41. The van der Waals surface area contributed by atoms with Crippen LogP contribution < -0.4 is 0 Å². The average Bonchev–Trinajstić information content (AvgIpc) is 2.14. The third-order valence-corrected chi connectivity index (χ3v) is 3.29. The van der Waals surface area contributed by atoms with E-state index in [1.165, 1.54) is 44.9 Å². The molecule has 0 aromatic carbocycles. The van der Waals surface area contributed by atoms with Crippen LogP contribution in [0.2, 0.25) is 0 Å². The molecule has 92 valence electrons. The number of unbranched alkanes of at least 4 members (excludes halogenated alkanes) is 6. The molecule has 0 saturated carbocycles. The van der Waals surface area contributed by atoms with Crippen molar-refractivity contribution in [2.24, 2.45) is 0 Å². The highest BCUT2D eigenvalue weighted by atomic mass is 16.5. The van der Waals surface area contributed by atoms with E-state index in [0.717, 1.165) is 6.42 Å². The molecule has 0 aliphatic heterocycles. The van der Waals surface area contributed by atoms with Crippen molar-refractivity contribution in [3.8, 4) is 0 Å². The van der Waals surface area contributed by atoms with Crippen molar-refractivity contribution < 1.29 is 4.65 Å². The maximum Gasteiger partial charge on any atom is 0.0854 e. The minimum Gasteiger partial charge on any atom is -0.633 e. The lowest BCUT2D eigenvalue weighted by atomic mass is 10.1. The van der Waals surface area contributed by atoms with E-state index in [4.69, 9.17) is 0 Å². The molecule has 0 heterocycles. The van der Waals surface area contributed by atoms with Gasteiger partial charge in [-0.3, -0.25) is 0 Å². The lowest BCUT2D eigenvalue weighted by Gasteiger charge is -2.40. The largest absolute Gasteiger partial charge is 0.633 e. The Labute approximate surface area is 95.8 Å². The van der Waals surface area contributed by atoms with Crippen LogP contribution in [0.15, 0.2) is 0 Å². The maximum absolute atomic E-state index is 11.5. The van der Waals surface area contributed by atoms with E-state index in [1.807, 2.05) is 0 Å². The smallest absolute Gasteiger partial charge is 0.0854 e. The van der Waals surface area contributed by atoms with Gasteiger partial charge in [0.15, 0.2) is 0 Å². The fourth-order valence-electron chi connectivity index (χ4n) is 1.71. The van der Waals surface area contributed by atoms with Gasteiger partial charge in [0.25, 0.3) is 0 Å². The van der Waals surface area contributed by atoms with E-state index in [0.29, 0.717) is 0 Å². The number of hydrogen-bond donors (Lipinski definition) is 0. The Morgan fingerprint density at radius 1 is 0.933 bits per heavy atom. The molecule has 0 rings (SSSR count). The van der Waals surface area contributed by atoms with E-state index < -0.39 is 0 Å². The Morgan fingerprint density at radius 3 is 1.87 bits per heavy atom. The van der Waals surface area contributed by atoms with Gasteiger partial charge in [0, 0.05) is 0 Å². The van der Waals surface area contributed by atoms with Crippen LogP contribution in [-0.4, -0.2) is 24.8 Å². The Kier molecular flexibility index (Phi) is 8.07. The lowest BCUT2D eigenvalue weighted by molar-refractivity contribution is -0.864. The molecular weight excluding hydrogens is 186 g/mol. The summed E-state index contributed by atoms with van der Waals surface area (Å²) in [6.07, 6.45) is 10.4. The monoisotopic (exact) mass is 215 g/mol. The topological polar surface area (TPSA) is 23.1 Å². The molecule has 0 aromatic heterocycles. The van der Waals surface area contributed by atoms with Gasteiger partial charge in [0.05, 0.1) is 20.1 Å². The van der Waals surface area contributed by atoms with Crippen molar-refractivity contribution in [3.63, 3.8) is 0 Å². The van der Waals surface area contributed by atoms with Gasteiger partial charge in [0.1, 0.15) is 0 Å². The van der Waals surface area contributed by atoms with Crippen molar-refractivity contribution in [2.75, 3.05) is 14.1 Å². The molecule has 0 N–H and O–H groups in total. The van der Waals surface area contributed by atoms with Gasteiger partial charge in [-0.05, 0) is 19.8 Å². The second-order valence-corrected chi connectivity index (χ2v) is 5.19. The van der Waals surface area contributed by atoms with Crippen molar-refractivity contribution in [1.29, 1.82) is 0 Å². The van der Waals surface area contributed by atoms with Crippen LogP contribution in [0.1, 0.15) is 65.2 Å². The van der Waals surface area contributed by atoms with E-state index in [9.17, 15) is 5.21 Å². The van der Waals surface area contributed by atoms with Gasteiger partial charge in [-0.2, -0.15) is 0 Å². The first-order valence-electron chi connectivity index (χ1n) is 6.53. The van der Waals surface area contributed by atoms with Crippen LogP contribution in [0.3, 0.4) is 0 Å². The third kappa shape index (κ3) is 8.88. The fraction of sp³-hybridized carbons (Fsp3) is 1.00. The van der Waals surface area contributed by atoms with Gasteiger partial charge < -0.3 is 9.85 Å². The Balaban J connectivity index is 3.24. The summed E-state index contributed by atoms with van der Waals surface area (Å²) in [4.78, 5) is 0. The number of rotatable bonds is 9.